The number of ether oxygens (including phenoxy) is 1. The van der Waals surface area contributed by atoms with Crippen LogP contribution in [0, 0.1) is 0 Å². The van der Waals surface area contributed by atoms with Crippen molar-refractivity contribution in [1.82, 2.24) is 15.0 Å². The van der Waals surface area contributed by atoms with Gasteiger partial charge in [0.05, 0.1) is 24.9 Å². The van der Waals surface area contributed by atoms with Crippen molar-refractivity contribution in [1.29, 1.82) is 0 Å². The second-order valence-electron chi connectivity index (χ2n) is 3.56. The second kappa shape index (κ2) is 4.06. The van der Waals surface area contributed by atoms with Crippen LogP contribution in [0.1, 0.15) is 37.6 Å². The molecule has 1 fully saturated rings. The van der Waals surface area contributed by atoms with Gasteiger partial charge in [0, 0.05) is 6.61 Å². The number of nitrogens with zero attached hydrogens (tertiary/aromatic N) is 3. The van der Waals surface area contributed by atoms with E-state index in [2.05, 4.69) is 10.3 Å². The van der Waals surface area contributed by atoms with Gasteiger partial charge in [0.15, 0.2) is 0 Å². The topological polar surface area (TPSA) is 60.2 Å². The Balaban J connectivity index is 2.08. The van der Waals surface area contributed by atoms with E-state index in [0.717, 1.165) is 13.0 Å². The summed E-state index contributed by atoms with van der Waals surface area (Å²) in [6.07, 6.45) is 2.96. The fourth-order valence-corrected chi connectivity index (χ4v) is 1.56. The highest BCUT2D eigenvalue weighted by molar-refractivity contribution is 4.97. The van der Waals surface area contributed by atoms with Crippen LogP contribution in [0.2, 0.25) is 0 Å². The monoisotopic (exact) mass is 197 g/mol. The maximum atomic E-state index is 9.54. The molecule has 2 unspecified atom stereocenters. The summed E-state index contributed by atoms with van der Waals surface area (Å²) < 4.78 is 7.05. The smallest absolute Gasteiger partial charge is 0.111 e. The molecule has 0 radical (unpaired) electrons. The normalized spacial score (nSPS) is 24.0. The van der Waals surface area contributed by atoms with E-state index in [4.69, 9.17) is 4.74 Å². The molecular weight excluding hydrogens is 182 g/mol. The third-order valence-electron chi connectivity index (χ3n) is 2.54. The summed E-state index contributed by atoms with van der Waals surface area (Å²) in [5.41, 5.74) is 0.652. The molecule has 1 aromatic rings. The fraction of sp³-hybridized carbons (Fsp3) is 0.778. The number of hydrogen-bond acceptors (Lipinski definition) is 4. The van der Waals surface area contributed by atoms with Gasteiger partial charge in [-0.05, 0) is 12.8 Å². The van der Waals surface area contributed by atoms with Gasteiger partial charge in [-0.25, -0.2) is 4.68 Å². The molecule has 0 saturated carbocycles. The van der Waals surface area contributed by atoms with Gasteiger partial charge < -0.3 is 9.84 Å². The van der Waals surface area contributed by atoms with E-state index < -0.39 is 6.10 Å². The minimum atomic E-state index is -0.494. The van der Waals surface area contributed by atoms with Crippen molar-refractivity contribution in [3.8, 4) is 0 Å². The molecule has 0 aliphatic carbocycles. The molecule has 1 aliphatic rings. The summed E-state index contributed by atoms with van der Waals surface area (Å²) in [5, 5.41) is 17.5. The minimum absolute atomic E-state index is 0.292. The zero-order chi connectivity index (χ0) is 9.97. The van der Waals surface area contributed by atoms with E-state index in [1.54, 1.807) is 4.68 Å². The third-order valence-corrected chi connectivity index (χ3v) is 2.54. The summed E-state index contributed by atoms with van der Waals surface area (Å²) in [7, 11) is 0. The van der Waals surface area contributed by atoms with Crippen LogP contribution >= 0.6 is 0 Å². The summed E-state index contributed by atoms with van der Waals surface area (Å²) in [6.45, 7) is 3.41. The molecule has 0 bridgehead atoms. The van der Waals surface area contributed by atoms with Crippen molar-refractivity contribution in [2.75, 3.05) is 13.2 Å². The number of aliphatic hydroxyl groups is 1. The lowest BCUT2D eigenvalue weighted by Gasteiger charge is -2.05. The maximum Gasteiger partial charge on any atom is 0.111 e. The van der Waals surface area contributed by atoms with E-state index in [0.29, 0.717) is 24.8 Å². The molecule has 5 nitrogen and oxygen atoms in total. The van der Waals surface area contributed by atoms with Crippen LogP contribution in [0.25, 0.3) is 0 Å². The number of aliphatic hydroxyl groups excluding tert-OH is 1. The van der Waals surface area contributed by atoms with Crippen LogP contribution in [0.4, 0.5) is 0 Å². The Morgan fingerprint density at radius 1 is 1.79 bits per heavy atom. The molecule has 14 heavy (non-hydrogen) atoms. The first-order chi connectivity index (χ1) is 6.81. The highest BCUT2D eigenvalue weighted by Gasteiger charge is 2.20. The largest absolute Gasteiger partial charge is 0.387 e. The summed E-state index contributed by atoms with van der Waals surface area (Å²) in [4.78, 5) is 0. The molecular formula is C9H15N3O2. The Labute approximate surface area is 82.7 Å². The van der Waals surface area contributed by atoms with Gasteiger partial charge in [0.2, 0.25) is 0 Å². The van der Waals surface area contributed by atoms with Crippen molar-refractivity contribution >= 4 is 0 Å². The predicted octanol–water partition coefficient (Wildman–Crippen LogP) is 0.683. The van der Waals surface area contributed by atoms with Crippen molar-refractivity contribution in [3.63, 3.8) is 0 Å². The summed E-state index contributed by atoms with van der Waals surface area (Å²) in [5.74, 6) is 0. The van der Waals surface area contributed by atoms with Crippen LogP contribution < -0.4 is 0 Å². The SMILES string of the molecule is CCC(O)c1cn(C2CCOC2)nn1. The van der Waals surface area contributed by atoms with Crippen LogP contribution in [-0.2, 0) is 4.74 Å². The van der Waals surface area contributed by atoms with Gasteiger partial charge >= 0.3 is 0 Å². The molecule has 2 rings (SSSR count). The minimum Gasteiger partial charge on any atom is -0.387 e. The van der Waals surface area contributed by atoms with Crippen LogP contribution in [0.15, 0.2) is 6.20 Å². The molecule has 0 amide bonds. The second-order valence-corrected chi connectivity index (χ2v) is 3.56. The molecule has 1 N–H and O–H groups in total. The average molecular weight is 197 g/mol. The van der Waals surface area contributed by atoms with E-state index >= 15 is 0 Å². The van der Waals surface area contributed by atoms with Crippen LogP contribution in [0.3, 0.4) is 0 Å². The molecule has 78 valence electrons. The zero-order valence-corrected chi connectivity index (χ0v) is 8.26. The van der Waals surface area contributed by atoms with E-state index in [1.165, 1.54) is 0 Å². The Bertz CT molecular complexity index is 294. The van der Waals surface area contributed by atoms with Crippen LogP contribution in [0.5, 0.6) is 0 Å². The molecule has 0 aromatic carbocycles. The lowest BCUT2D eigenvalue weighted by Crippen LogP contribution is -2.09. The quantitative estimate of drug-likeness (QED) is 0.774. The van der Waals surface area contributed by atoms with Gasteiger partial charge in [-0.1, -0.05) is 12.1 Å². The molecule has 2 heterocycles. The van der Waals surface area contributed by atoms with Gasteiger partial charge in [-0.3, -0.25) is 0 Å². The van der Waals surface area contributed by atoms with E-state index in [-0.39, 0.29) is 0 Å². The molecule has 5 heteroatoms. The van der Waals surface area contributed by atoms with E-state index in [9.17, 15) is 5.11 Å². The highest BCUT2D eigenvalue weighted by atomic mass is 16.5. The van der Waals surface area contributed by atoms with Gasteiger partial charge in [0.1, 0.15) is 5.69 Å². The lowest BCUT2D eigenvalue weighted by atomic mass is 10.2. The number of rotatable bonds is 3. The molecule has 1 aliphatic heterocycles. The third kappa shape index (κ3) is 1.78. The molecule has 1 saturated heterocycles. The van der Waals surface area contributed by atoms with Crippen LogP contribution in [-0.4, -0.2) is 33.3 Å². The highest BCUT2D eigenvalue weighted by Crippen LogP contribution is 2.19. The lowest BCUT2D eigenvalue weighted by molar-refractivity contribution is 0.168. The van der Waals surface area contributed by atoms with Crippen molar-refractivity contribution in [2.45, 2.75) is 31.9 Å². The standard InChI is InChI=1S/C9H15N3O2/c1-2-9(13)8-5-12(11-10-8)7-3-4-14-6-7/h5,7,9,13H,2-4,6H2,1H3. The first kappa shape index (κ1) is 9.61. The van der Waals surface area contributed by atoms with Crippen molar-refractivity contribution in [3.05, 3.63) is 11.9 Å². The Kier molecular flexibility index (Phi) is 2.79. The summed E-state index contributed by atoms with van der Waals surface area (Å²) in [6, 6.07) is 0.292. The molecule has 0 spiro atoms. The number of hydrogen-bond donors (Lipinski definition) is 1. The molecule has 2 atom stereocenters. The van der Waals surface area contributed by atoms with Crippen molar-refractivity contribution in [2.24, 2.45) is 0 Å². The van der Waals surface area contributed by atoms with Crippen molar-refractivity contribution < 1.29 is 9.84 Å². The fourth-order valence-electron chi connectivity index (χ4n) is 1.56. The zero-order valence-electron chi connectivity index (χ0n) is 8.26. The summed E-state index contributed by atoms with van der Waals surface area (Å²) >= 11 is 0. The molecule has 1 aromatic heterocycles. The Morgan fingerprint density at radius 2 is 2.64 bits per heavy atom. The average Bonchev–Trinajstić information content (AvgIpc) is 2.86. The maximum absolute atomic E-state index is 9.54. The Hall–Kier alpha value is -0.940. The first-order valence-corrected chi connectivity index (χ1v) is 4.98. The van der Waals surface area contributed by atoms with Gasteiger partial charge in [-0.15, -0.1) is 5.10 Å². The number of aromatic nitrogens is 3. The van der Waals surface area contributed by atoms with Gasteiger partial charge in [-0.2, -0.15) is 0 Å². The Morgan fingerprint density at radius 3 is 3.29 bits per heavy atom. The van der Waals surface area contributed by atoms with E-state index in [1.807, 2.05) is 13.1 Å². The first-order valence-electron chi connectivity index (χ1n) is 4.98. The van der Waals surface area contributed by atoms with Gasteiger partial charge in [0.25, 0.3) is 0 Å². The predicted molar refractivity (Wildman–Crippen MR) is 49.7 cm³/mol.